The highest BCUT2D eigenvalue weighted by Crippen LogP contribution is 2.17. The lowest BCUT2D eigenvalue weighted by Gasteiger charge is -2.11. The van der Waals surface area contributed by atoms with E-state index in [4.69, 9.17) is 11.3 Å². The first-order chi connectivity index (χ1) is 6.74. The smallest absolute Gasteiger partial charge is 0.303 e. The number of ether oxygens (including phenoxy) is 1. The van der Waals surface area contributed by atoms with Crippen molar-refractivity contribution in [3.05, 3.63) is 47.3 Å². The first kappa shape index (κ1) is 10.3. The normalized spacial score (nSPS) is 11.4. The molecule has 1 unspecified atom stereocenters. The lowest BCUT2D eigenvalue weighted by Crippen LogP contribution is -2.10. The van der Waals surface area contributed by atoms with E-state index in [0.717, 1.165) is 5.56 Å². The van der Waals surface area contributed by atoms with Crippen LogP contribution in [-0.4, -0.2) is 12.5 Å². The molecule has 14 heavy (non-hydrogen) atoms. The number of hydrogen-bond acceptors (Lipinski definition) is 2. The molecule has 0 saturated carbocycles. The summed E-state index contributed by atoms with van der Waals surface area (Å²) in [5.41, 5.74) is 0.860. The van der Waals surface area contributed by atoms with Gasteiger partial charge in [-0.1, -0.05) is 30.3 Å². The summed E-state index contributed by atoms with van der Waals surface area (Å²) in [4.78, 5) is 14.0. The summed E-state index contributed by atoms with van der Waals surface area (Å²) in [5.74, 6) is -0.359. The molecule has 0 aliphatic rings. The van der Waals surface area contributed by atoms with Gasteiger partial charge in [0.15, 0.2) is 6.10 Å². The van der Waals surface area contributed by atoms with Crippen molar-refractivity contribution in [1.82, 2.24) is 0 Å². The Morgan fingerprint density at radius 3 is 2.64 bits per heavy atom. The van der Waals surface area contributed by atoms with Crippen molar-refractivity contribution < 1.29 is 9.53 Å². The summed E-state index contributed by atoms with van der Waals surface area (Å²) < 4.78 is 5.02. The average Bonchev–Trinajstić information content (AvgIpc) is 2.18. The quantitative estimate of drug-likeness (QED) is 0.539. The van der Waals surface area contributed by atoms with E-state index in [0.29, 0.717) is 0 Å². The zero-order chi connectivity index (χ0) is 10.4. The summed E-state index contributed by atoms with van der Waals surface area (Å²) in [6.45, 7) is 8.28. The zero-order valence-electron chi connectivity index (χ0n) is 7.93. The van der Waals surface area contributed by atoms with Crippen LogP contribution in [0.15, 0.2) is 30.3 Å². The minimum absolute atomic E-state index is 0.170. The Morgan fingerprint density at radius 2 is 2.14 bits per heavy atom. The van der Waals surface area contributed by atoms with Crippen LogP contribution in [0.4, 0.5) is 0 Å². The molecule has 1 aromatic rings. The fourth-order valence-electron chi connectivity index (χ4n) is 1.16. The van der Waals surface area contributed by atoms with E-state index < -0.39 is 6.10 Å². The second-order valence-corrected chi connectivity index (χ2v) is 2.85. The van der Waals surface area contributed by atoms with E-state index in [1.165, 1.54) is 6.92 Å². The molecule has 3 heteroatoms. The second-order valence-electron chi connectivity index (χ2n) is 2.85. The first-order valence-corrected chi connectivity index (χ1v) is 4.29. The van der Waals surface area contributed by atoms with Gasteiger partial charge in [-0.2, -0.15) is 0 Å². The molecule has 1 rings (SSSR count). The van der Waals surface area contributed by atoms with Gasteiger partial charge in [-0.25, -0.2) is 6.57 Å². The molecule has 1 aromatic carbocycles. The van der Waals surface area contributed by atoms with Crippen molar-refractivity contribution in [1.29, 1.82) is 0 Å². The average molecular weight is 189 g/mol. The number of hydrogen-bond donors (Lipinski definition) is 0. The molecule has 0 fully saturated rings. The second kappa shape index (κ2) is 5.03. The van der Waals surface area contributed by atoms with Crippen LogP contribution in [-0.2, 0) is 9.53 Å². The van der Waals surface area contributed by atoms with E-state index in [2.05, 4.69) is 4.85 Å². The van der Waals surface area contributed by atoms with Crippen LogP contribution >= 0.6 is 0 Å². The van der Waals surface area contributed by atoms with Gasteiger partial charge in [-0.3, -0.25) is 4.79 Å². The Kier molecular flexibility index (Phi) is 3.69. The Balaban J connectivity index is 2.78. The van der Waals surface area contributed by atoms with E-state index in [9.17, 15) is 4.79 Å². The third-order valence-corrected chi connectivity index (χ3v) is 1.74. The Hall–Kier alpha value is -1.82. The molecule has 0 aliphatic heterocycles. The summed E-state index contributed by atoms with van der Waals surface area (Å²) in [6, 6.07) is 9.29. The van der Waals surface area contributed by atoms with E-state index in [-0.39, 0.29) is 12.5 Å². The third kappa shape index (κ3) is 2.91. The fraction of sp³-hybridized carbons (Fsp3) is 0.273. The Labute approximate surface area is 83.1 Å². The third-order valence-electron chi connectivity index (χ3n) is 1.74. The topological polar surface area (TPSA) is 30.7 Å². The van der Waals surface area contributed by atoms with Crippen molar-refractivity contribution in [2.75, 3.05) is 6.54 Å². The van der Waals surface area contributed by atoms with Crippen LogP contribution in [0, 0.1) is 6.57 Å². The van der Waals surface area contributed by atoms with E-state index in [1.54, 1.807) is 0 Å². The van der Waals surface area contributed by atoms with Crippen LogP contribution in [0.5, 0.6) is 0 Å². The van der Waals surface area contributed by atoms with E-state index >= 15 is 0 Å². The summed E-state index contributed by atoms with van der Waals surface area (Å²) in [6.07, 6.45) is -0.439. The number of nitrogens with zero attached hydrogens (tertiary/aromatic N) is 1. The van der Waals surface area contributed by atoms with Crippen molar-refractivity contribution in [3.63, 3.8) is 0 Å². The number of carbonyl (C=O) groups excluding carboxylic acids is 1. The molecule has 1 atom stereocenters. The lowest BCUT2D eigenvalue weighted by atomic mass is 10.1. The monoisotopic (exact) mass is 189 g/mol. The van der Waals surface area contributed by atoms with Crippen LogP contribution in [0.25, 0.3) is 4.85 Å². The summed E-state index contributed by atoms with van der Waals surface area (Å²) >= 11 is 0. The number of rotatable bonds is 3. The Morgan fingerprint density at radius 1 is 1.50 bits per heavy atom. The zero-order valence-corrected chi connectivity index (χ0v) is 7.93. The molecule has 0 aromatic heterocycles. The molecular weight excluding hydrogens is 178 g/mol. The van der Waals surface area contributed by atoms with Gasteiger partial charge in [0.1, 0.15) is 0 Å². The van der Waals surface area contributed by atoms with Crippen LogP contribution in [0.3, 0.4) is 0 Å². The van der Waals surface area contributed by atoms with Gasteiger partial charge in [-0.05, 0) is 0 Å². The van der Waals surface area contributed by atoms with Gasteiger partial charge >= 0.3 is 5.97 Å². The maximum Gasteiger partial charge on any atom is 0.303 e. The van der Waals surface area contributed by atoms with E-state index in [1.807, 2.05) is 30.3 Å². The predicted molar refractivity (Wildman–Crippen MR) is 52.4 cm³/mol. The van der Waals surface area contributed by atoms with Gasteiger partial charge in [0.2, 0.25) is 0 Å². The van der Waals surface area contributed by atoms with Crippen molar-refractivity contribution >= 4 is 5.97 Å². The van der Waals surface area contributed by atoms with Crippen LogP contribution < -0.4 is 0 Å². The molecule has 0 amide bonds. The van der Waals surface area contributed by atoms with Gasteiger partial charge in [0.05, 0.1) is 0 Å². The molecule has 72 valence electrons. The van der Waals surface area contributed by atoms with Gasteiger partial charge < -0.3 is 9.58 Å². The molecule has 0 spiro atoms. The maximum absolute atomic E-state index is 10.8. The summed E-state index contributed by atoms with van der Waals surface area (Å²) in [5, 5.41) is 0. The molecule has 0 saturated heterocycles. The van der Waals surface area contributed by atoms with Crippen molar-refractivity contribution in [3.8, 4) is 0 Å². The Bertz CT molecular complexity index is 340. The summed E-state index contributed by atoms with van der Waals surface area (Å²) in [7, 11) is 0. The number of benzene rings is 1. The van der Waals surface area contributed by atoms with Crippen molar-refractivity contribution in [2.45, 2.75) is 13.0 Å². The van der Waals surface area contributed by atoms with Gasteiger partial charge in [0.25, 0.3) is 6.54 Å². The minimum atomic E-state index is -0.439. The number of esters is 1. The van der Waals surface area contributed by atoms with Gasteiger partial charge in [0, 0.05) is 12.5 Å². The lowest BCUT2D eigenvalue weighted by molar-refractivity contribution is -0.145. The maximum atomic E-state index is 10.8. The fourth-order valence-corrected chi connectivity index (χ4v) is 1.16. The molecule has 0 bridgehead atoms. The van der Waals surface area contributed by atoms with Crippen LogP contribution in [0.1, 0.15) is 18.6 Å². The van der Waals surface area contributed by atoms with Crippen molar-refractivity contribution in [2.24, 2.45) is 0 Å². The highest BCUT2D eigenvalue weighted by molar-refractivity contribution is 5.66. The molecule has 0 radical (unpaired) electrons. The predicted octanol–water partition coefficient (Wildman–Crippen LogP) is 2.21. The highest BCUT2D eigenvalue weighted by atomic mass is 16.5. The first-order valence-electron chi connectivity index (χ1n) is 4.29. The van der Waals surface area contributed by atoms with Crippen LogP contribution in [0.2, 0.25) is 0 Å². The molecule has 0 heterocycles. The number of carbonyl (C=O) groups is 1. The standard InChI is InChI=1S/C11H11NO2/c1-9(13)14-11(8-12-2)10-6-4-3-5-7-10/h3-7,11H,8H2,1H3. The SMILES string of the molecule is [C-]#[N+]CC(OC(C)=O)c1ccccc1. The molecular formula is C11H11NO2. The minimum Gasteiger partial charge on any atom is -0.450 e. The largest absolute Gasteiger partial charge is 0.450 e. The highest BCUT2D eigenvalue weighted by Gasteiger charge is 2.16. The van der Waals surface area contributed by atoms with Gasteiger partial charge in [-0.15, -0.1) is 0 Å². The molecule has 0 N–H and O–H groups in total. The molecule has 0 aliphatic carbocycles. The molecule has 3 nitrogen and oxygen atoms in total.